The predicted octanol–water partition coefficient (Wildman–Crippen LogP) is 0.690. The van der Waals surface area contributed by atoms with E-state index in [1.165, 1.54) is 0 Å². The third kappa shape index (κ3) is 1.20. The molecular weight excluding hydrogens is 176 g/mol. The Bertz CT molecular complexity index is 310. The van der Waals surface area contributed by atoms with Crippen LogP contribution in [0.15, 0.2) is 17.3 Å². The average molecular weight is 184 g/mol. The lowest BCUT2D eigenvalue weighted by Gasteiger charge is -2.18. The Morgan fingerprint density at radius 2 is 2.67 bits per heavy atom. The minimum Gasteiger partial charge on any atom is -0.481 e. The summed E-state index contributed by atoms with van der Waals surface area (Å²) < 4.78 is 1.74. The van der Waals surface area contributed by atoms with Crippen LogP contribution in [0.2, 0.25) is 0 Å². The second-order valence-corrected chi connectivity index (χ2v) is 3.74. The first-order chi connectivity index (χ1) is 5.77. The van der Waals surface area contributed by atoms with Crippen LogP contribution in [0.5, 0.6) is 0 Å². The molecule has 0 bridgehead atoms. The summed E-state index contributed by atoms with van der Waals surface area (Å²) in [5, 5.41) is 13.8. The predicted molar refractivity (Wildman–Crippen MR) is 44.1 cm³/mol. The first-order valence-corrected chi connectivity index (χ1v) is 4.63. The van der Waals surface area contributed by atoms with Gasteiger partial charge in [-0.1, -0.05) is 0 Å². The Balaban J connectivity index is 2.20. The van der Waals surface area contributed by atoms with Gasteiger partial charge in [0, 0.05) is 5.75 Å². The number of hydrogen-bond donors (Lipinski definition) is 1. The molecule has 1 aliphatic rings. The Labute approximate surface area is 73.6 Å². The van der Waals surface area contributed by atoms with Gasteiger partial charge in [-0.05, 0) is 6.07 Å². The molecule has 1 atom stereocenters. The van der Waals surface area contributed by atoms with Gasteiger partial charge in [0.2, 0.25) is 0 Å². The molecule has 5 heteroatoms. The zero-order valence-corrected chi connectivity index (χ0v) is 7.12. The molecule has 0 aliphatic carbocycles. The number of nitrogens with zero attached hydrogens (tertiary/aromatic N) is 2. The molecule has 0 saturated carbocycles. The van der Waals surface area contributed by atoms with Crippen molar-refractivity contribution in [1.29, 1.82) is 0 Å². The van der Waals surface area contributed by atoms with Crippen LogP contribution in [-0.2, 0) is 11.3 Å². The van der Waals surface area contributed by atoms with Gasteiger partial charge in [0.25, 0.3) is 0 Å². The first kappa shape index (κ1) is 7.67. The van der Waals surface area contributed by atoms with E-state index in [0.717, 1.165) is 5.03 Å². The second-order valence-electron chi connectivity index (χ2n) is 2.70. The van der Waals surface area contributed by atoms with Crippen LogP contribution in [0.3, 0.4) is 0 Å². The molecule has 0 spiro atoms. The van der Waals surface area contributed by atoms with E-state index in [1.807, 2.05) is 6.07 Å². The van der Waals surface area contributed by atoms with Crippen LogP contribution in [0.4, 0.5) is 0 Å². The van der Waals surface area contributed by atoms with Crippen molar-refractivity contribution in [1.82, 2.24) is 9.78 Å². The van der Waals surface area contributed by atoms with Crippen molar-refractivity contribution in [2.75, 3.05) is 5.75 Å². The number of aliphatic carboxylic acids is 1. The van der Waals surface area contributed by atoms with Crippen molar-refractivity contribution < 1.29 is 9.90 Å². The fourth-order valence-electron chi connectivity index (χ4n) is 1.18. The van der Waals surface area contributed by atoms with Crippen LogP contribution in [0, 0.1) is 5.92 Å². The summed E-state index contributed by atoms with van der Waals surface area (Å²) in [6.07, 6.45) is 1.70. The number of carboxylic acids is 1. The van der Waals surface area contributed by atoms with Crippen molar-refractivity contribution in [3.05, 3.63) is 12.3 Å². The van der Waals surface area contributed by atoms with Crippen LogP contribution >= 0.6 is 11.8 Å². The van der Waals surface area contributed by atoms with E-state index < -0.39 is 5.97 Å². The molecule has 64 valence electrons. The lowest BCUT2D eigenvalue weighted by molar-refractivity contribution is -0.141. The van der Waals surface area contributed by atoms with Crippen LogP contribution < -0.4 is 0 Å². The summed E-state index contributed by atoms with van der Waals surface area (Å²) in [5.41, 5.74) is 0. The first-order valence-electron chi connectivity index (χ1n) is 3.65. The molecule has 1 aromatic rings. The number of thioether (sulfide) groups is 1. The molecule has 1 unspecified atom stereocenters. The Morgan fingerprint density at radius 3 is 3.42 bits per heavy atom. The lowest BCUT2D eigenvalue weighted by Crippen LogP contribution is -2.26. The molecule has 1 aliphatic heterocycles. The van der Waals surface area contributed by atoms with Gasteiger partial charge in [-0.25, -0.2) is 0 Å². The molecule has 4 nitrogen and oxygen atoms in total. The number of rotatable bonds is 1. The quantitative estimate of drug-likeness (QED) is 0.697. The SMILES string of the molecule is O=C(O)C1CSc2ccnn2C1. The lowest BCUT2D eigenvalue weighted by atomic mass is 10.2. The molecule has 2 heterocycles. The zero-order chi connectivity index (χ0) is 8.55. The molecule has 0 radical (unpaired) electrons. The van der Waals surface area contributed by atoms with Crippen molar-refractivity contribution in [3.8, 4) is 0 Å². The van der Waals surface area contributed by atoms with Crippen LogP contribution in [0.1, 0.15) is 0 Å². The van der Waals surface area contributed by atoms with E-state index in [4.69, 9.17) is 5.11 Å². The van der Waals surface area contributed by atoms with Crippen LogP contribution in [0.25, 0.3) is 0 Å². The van der Waals surface area contributed by atoms with E-state index in [-0.39, 0.29) is 5.92 Å². The fourth-order valence-corrected chi connectivity index (χ4v) is 2.22. The van der Waals surface area contributed by atoms with Gasteiger partial charge >= 0.3 is 5.97 Å². The van der Waals surface area contributed by atoms with Gasteiger partial charge in [-0.3, -0.25) is 9.48 Å². The largest absolute Gasteiger partial charge is 0.481 e. The van der Waals surface area contributed by atoms with E-state index in [0.29, 0.717) is 12.3 Å². The summed E-state index contributed by atoms with van der Waals surface area (Å²) in [6.45, 7) is 0.505. The van der Waals surface area contributed by atoms with Gasteiger partial charge in [-0.2, -0.15) is 5.10 Å². The summed E-state index contributed by atoms with van der Waals surface area (Å²) >= 11 is 1.55. The van der Waals surface area contributed by atoms with Gasteiger partial charge < -0.3 is 5.11 Å². The zero-order valence-electron chi connectivity index (χ0n) is 6.30. The molecule has 0 amide bonds. The number of fused-ring (bicyclic) bond motifs is 1. The maximum absolute atomic E-state index is 10.6. The molecule has 0 fully saturated rings. The smallest absolute Gasteiger partial charge is 0.309 e. The minimum atomic E-state index is -0.733. The second kappa shape index (κ2) is 2.82. The maximum Gasteiger partial charge on any atom is 0.309 e. The highest BCUT2D eigenvalue weighted by atomic mass is 32.2. The summed E-state index contributed by atoms with van der Waals surface area (Å²) in [6, 6.07) is 1.91. The minimum absolute atomic E-state index is 0.289. The molecule has 2 rings (SSSR count). The highest BCUT2D eigenvalue weighted by Crippen LogP contribution is 2.26. The van der Waals surface area contributed by atoms with Gasteiger partial charge in [0.05, 0.1) is 23.7 Å². The van der Waals surface area contributed by atoms with Crippen LogP contribution in [-0.4, -0.2) is 26.6 Å². The number of aromatic nitrogens is 2. The molecular formula is C7H8N2O2S. The topological polar surface area (TPSA) is 55.1 Å². The highest BCUT2D eigenvalue weighted by molar-refractivity contribution is 7.99. The van der Waals surface area contributed by atoms with E-state index in [9.17, 15) is 4.79 Å². The van der Waals surface area contributed by atoms with E-state index >= 15 is 0 Å². The molecule has 0 saturated heterocycles. The summed E-state index contributed by atoms with van der Waals surface area (Å²) in [4.78, 5) is 10.6. The van der Waals surface area contributed by atoms with Crippen molar-refractivity contribution in [2.45, 2.75) is 11.6 Å². The molecule has 1 N–H and O–H groups in total. The van der Waals surface area contributed by atoms with Crippen molar-refractivity contribution >= 4 is 17.7 Å². The standard InChI is InChI=1S/C7H8N2O2S/c10-7(11)5-3-9-6(12-4-5)1-2-8-9/h1-2,5H,3-4H2,(H,10,11). The Morgan fingerprint density at radius 1 is 1.83 bits per heavy atom. The Hall–Kier alpha value is -0.970. The normalized spacial score (nSPS) is 21.8. The molecule has 1 aromatic heterocycles. The van der Waals surface area contributed by atoms with Crippen molar-refractivity contribution in [2.24, 2.45) is 5.92 Å². The summed E-state index contributed by atoms with van der Waals surface area (Å²) in [5.74, 6) is -0.368. The number of carbonyl (C=O) groups is 1. The highest BCUT2D eigenvalue weighted by Gasteiger charge is 2.24. The van der Waals surface area contributed by atoms with Gasteiger partial charge in [0.15, 0.2) is 0 Å². The number of carboxylic acid groups (broad SMARTS) is 1. The maximum atomic E-state index is 10.6. The van der Waals surface area contributed by atoms with E-state index in [1.54, 1.807) is 22.6 Å². The van der Waals surface area contributed by atoms with Gasteiger partial charge in [-0.15, -0.1) is 11.8 Å². The van der Waals surface area contributed by atoms with Crippen molar-refractivity contribution in [3.63, 3.8) is 0 Å². The average Bonchev–Trinajstić information content (AvgIpc) is 2.49. The third-order valence-electron chi connectivity index (χ3n) is 1.85. The monoisotopic (exact) mass is 184 g/mol. The van der Waals surface area contributed by atoms with E-state index in [2.05, 4.69) is 5.10 Å². The summed E-state index contributed by atoms with van der Waals surface area (Å²) in [7, 11) is 0. The van der Waals surface area contributed by atoms with Gasteiger partial charge in [0.1, 0.15) is 0 Å². The fraction of sp³-hybridized carbons (Fsp3) is 0.429. The number of hydrogen-bond acceptors (Lipinski definition) is 3. The third-order valence-corrected chi connectivity index (χ3v) is 3.06. The Kier molecular flexibility index (Phi) is 1.80. The molecule has 12 heavy (non-hydrogen) atoms. The molecule has 0 aromatic carbocycles.